The van der Waals surface area contributed by atoms with Crippen molar-refractivity contribution in [2.45, 2.75) is 29.2 Å². The SMILES string of the molecule is COc1ccc(N2C(=O)C3C4CC(C3C2=O)C2C4Sc3[nH]c(=O)sc3[C@@H]2c2cc([N+](=O)[O-])ccc2OCc2ccccc2)cc1. The average molecular weight is 642 g/mol. The summed E-state index contributed by atoms with van der Waals surface area (Å²) in [6.45, 7) is 0.262. The smallest absolute Gasteiger partial charge is 0.305 e. The number of nitro groups is 1. The highest BCUT2D eigenvalue weighted by Gasteiger charge is 2.70. The van der Waals surface area contributed by atoms with Crippen LogP contribution < -0.4 is 19.2 Å². The quantitative estimate of drug-likeness (QED) is 0.157. The number of rotatable bonds is 7. The van der Waals surface area contributed by atoms with Crippen molar-refractivity contribution < 1.29 is 24.0 Å². The summed E-state index contributed by atoms with van der Waals surface area (Å²) in [6, 6.07) is 21.2. The van der Waals surface area contributed by atoms with Gasteiger partial charge < -0.3 is 14.5 Å². The topological polar surface area (TPSA) is 132 Å². The Morgan fingerprint density at radius 2 is 1.71 bits per heavy atom. The fourth-order valence-electron chi connectivity index (χ4n) is 8.11. The van der Waals surface area contributed by atoms with E-state index in [0.717, 1.165) is 26.8 Å². The highest BCUT2D eigenvalue weighted by Crippen LogP contribution is 2.69. The maximum Gasteiger partial charge on any atom is 0.305 e. The lowest BCUT2D eigenvalue weighted by atomic mass is 9.68. The number of amides is 2. The first-order valence-corrected chi connectivity index (χ1v) is 16.4. The molecule has 4 aliphatic rings. The minimum atomic E-state index is -0.501. The first-order chi connectivity index (χ1) is 21.8. The van der Waals surface area contributed by atoms with Gasteiger partial charge in [0.1, 0.15) is 18.1 Å². The summed E-state index contributed by atoms with van der Waals surface area (Å²) in [6.07, 6.45) is 0.705. The number of non-ortho nitro benzene ring substituents is 1. The molecule has 1 saturated heterocycles. The van der Waals surface area contributed by atoms with Crippen molar-refractivity contribution in [1.82, 2.24) is 4.98 Å². The molecule has 4 aromatic rings. The molecule has 0 spiro atoms. The van der Waals surface area contributed by atoms with E-state index < -0.39 is 22.7 Å². The number of hydrogen-bond acceptors (Lipinski definition) is 9. The summed E-state index contributed by atoms with van der Waals surface area (Å²) in [7, 11) is 1.56. The third-order valence-corrected chi connectivity index (χ3v) is 12.4. The Balaban J connectivity index is 1.21. The van der Waals surface area contributed by atoms with Crippen molar-refractivity contribution in [3.8, 4) is 11.5 Å². The molecule has 2 aliphatic carbocycles. The van der Waals surface area contributed by atoms with Crippen molar-refractivity contribution in [2.24, 2.45) is 29.6 Å². The number of H-pyrrole nitrogens is 1. The van der Waals surface area contributed by atoms with Crippen LogP contribution in [0.5, 0.6) is 11.5 Å². The van der Waals surface area contributed by atoms with E-state index in [2.05, 4.69) is 4.98 Å². The van der Waals surface area contributed by atoms with Gasteiger partial charge >= 0.3 is 4.87 Å². The Hall–Kier alpha value is -4.42. The van der Waals surface area contributed by atoms with Gasteiger partial charge in [0.25, 0.3) is 5.69 Å². The van der Waals surface area contributed by atoms with Crippen LogP contribution in [0.1, 0.15) is 28.3 Å². The Labute approximate surface area is 265 Å². The van der Waals surface area contributed by atoms with Crippen LogP contribution in [0.15, 0.2) is 82.6 Å². The minimum Gasteiger partial charge on any atom is -0.497 e. The summed E-state index contributed by atoms with van der Waals surface area (Å²) < 4.78 is 11.6. The Morgan fingerprint density at radius 1 is 0.978 bits per heavy atom. The number of thioether (sulfide) groups is 1. The molecule has 0 radical (unpaired) electrons. The van der Waals surface area contributed by atoms with Gasteiger partial charge in [-0.1, -0.05) is 41.7 Å². The molecular weight excluding hydrogens is 615 g/mol. The number of nitrogens with one attached hydrogen (secondary N) is 1. The zero-order valence-corrected chi connectivity index (χ0v) is 25.6. The van der Waals surface area contributed by atoms with Crippen LogP contribution in [0.3, 0.4) is 0 Å². The van der Waals surface area contributed by atoms with Gasteiger partial charge in [0.2, 0.25) is 11.8 Å². The summed E-state index contributed by atoms with van der Waals surface area (Å²) in [5, 5.41) is 12.6. The van der Waals surface area contributed by atoms with E-state index in [1.54, 1.807) is 55.3 Å². The van der Waals surface area contributed by atoms with E-state index in [0.29, 0.717) is 29.2 Å². The van der Waals surface area contributed by atoms with Crippen LogP contribution in [0, 0.1) is 39.7 Å². The van der Waals surface area contributed by atoms with E-state index in [-0.39, 0.29) is 52.0 Å². The van der Waals surface area contributed by atoms with Crippen molar-refractivity contribution in [3.05, 3.63) is 109 Å². The molecule has 1 N–H and O–H groups in total. The highest BCUT2D eigenvalue weighted by atomic mass is 32.2. The summed E-state index contributed by atoms with van der Waals surface area (Å²) in [4.78, 5) is 57.2. The average Bonchev–Trinajstić information content (AvgIpc) is 3.79. The lowest BCUT2D eigenvalue weighted by molar-refractivity contribution is -0.385. The Kier molecular flexibility index (Phi) is 6.61. The third kappa shape index (κ3) is 4.33. The number of thiazole rings is 1. The highest BCUT2D eigenvalue weighted by molar-refractivity contribution is 8.00. The number of imide groups is 1. The van der Waals surface area contributed by atoms with Gasteiger partial charge in [0, 0.05) is 33.7 Å². The molecule has 10 nitrogen and oxygen atoms in total. The molecule has 12 heteroatoms. The van der Waals surface area contributed by atoms with Crippen molar-refractivity contribution in [2.75, 3.05) is 12.0 Å². The second kappa shape index (κ2) is 10.6. The van der Waals surface area contributed by atoms with Crippen LogP contribution in [0.2, 0.25) is 0 Å². The fourth-order valence-corrected chi connectivity index (χ4v) is 11.0. The second-order valence-corrected chi connectivity index (χ2v) is 14.1. The van der Waals surface area contributed by atoms with Gasteiger partial charge in [0.15, 0.2) is 0 Å². The maximum absolute atomic E-state index is 14.1. The number of ether oxygens (including phenoxy) is 2. The van der Waals surface area contributed by atoms with Crippen LogP contribution >= 0.6 is 23.1 Å². The fraction of sp³-hybridized carbons (Fsp3) is 0.303. The number of nitro benzene ring substituents is 1. The molecule has 8 rings (SSSR count). The Bertz CT molecular complexity index is 1910. The summed E-state index contributed by atoms with van der Waals surface area (Å²) in [5.41, 5.74) is 2.02. The number of carbonyl (C=O) groups excluding carboxylic acids is 2. The van der Waals surface area contributed by atoms with E-state index in [1.165, 1.54) is 11.0 Å². The molecule has 45 heavy (non-hydrogen) atoms. The number of carbonyl (C=O) groups is 2. The molecule has 2 saturated carbocycles. The standard InChI is InChI=1S/C33H27N3O7S2/c1-42-19-10-7-17(8-11-19)35-31(37)26-21-14-22(27(26)32(35)38)28-25(21)24(29-30(44-28)34-33(39)45-29)20-13-18(36(40)41)9-12-23(20)43-15-16-5-3-2-4-6-16/h2-13,21-22,24-28H,14-15H2,1H3,(H,34,39)/t21?,22?,24-,25?,26?,27?,28?/m1/s1. The first-order valence-electron chi connectivity index (χ1n) is 14.7. The van der Waals surface area contributed by atoms with Gasteiger partial charge in [-0.15, -0.1) is 11.8 Å². The van der Waals surface area contributed by atoms with Gasteiger partial charge in [-0.05, 0) is 60.1 Å². The molecular formula is C33H27N3O7S2. The van der Waals surface area contributed by atoms with Gasteiger partial charge in [-0.3, -0.25) is 29.4 Å². The van der Waals surface area contributed by atoms with E-state index in [1.807, 2.05) is 30.3 Å². The van der Waals surface area contributed by atoms with Gasteiger partial charge in [0.05, 0.1) is 34.6 Å². The Morgan fingerprint density at radius 3 is 2.42 bits per heavy atom. The molecule has 2 aliphatic heterocycles. The number of nitrogens with zero attached hydrogens (tertiary/aromatic N) is 2. The van der Waals surface area contributed by atoms with Crippen LogP contribution in [-0.2, 0) is 16.2 Å². The monoisotopic (exact) mass is 641 g/mol. The van der Waals surface area contributed by atoms with Crippen molar-refractivity contribution in [3.63, 3.8) is 0 Å². The number of hydrogen-bond donors (Lipinski definition) is 1. The zero-order chi connectivity index (χ0) is 31.0. The normalized spacial score (nSPS) is 27.7. The van der Waals surface area contributed by atoms with Gasteiger partial charge in [-0.25, -0.2) is 0 Å². The zero-order valence-electron chi connectivity index (χ0n) is 24.0. The molecule has 2 amide bonds. The van der Waals surface area contributed by atoms with Crippen LogP contribution in [0.25, 0.3) is 0 Å². The van der Waals surface area contributed by atoms with Crippen LogP contribution in [-0.4, -0.2) is 34.1 Å². The third-order valence-electron chi connectivity index (χ3n) is 9.83. The number of fused-ring (bicyclic) bond motifs is 9. The molecule has 3 aromatic carbocycles. The number of methoxy groups -OCH3 is 1. The lowest BCUT2D eigenvalue weighted by Gasteiger charge is -2.43. The molecule has 7 atom stereocenters. The number of benzene rings is 3. The number of anilines is 1. The first kappa shape index (κ1) is 28.1. The van der Waals surface area contributed by atoms with Gasteiger partial charge in [-0.2, -0.15) is 0 Å². The van der Waals surface area contributed by atoms with E-state index in [9.17, 15) is 24.5 Å². The lowest BCUT2D eigenvalue weighted by Crippen LogP contribution is -2.42. The molecule has 3 heterocycles. The number of aromatic amines is 1. The summed E-state index contributed by atoms with van der Waals surface area (Å²) in [5.74, 6) is -1.00. The molecule has 1 aromatic heterocycles. The molecule has 3 fully saturated rings. The second-order valence-electron chi connectivity index (χ2n) is 11.9. The predicted molar refractivity (Wildman–Crippen MR) is 168 cm³/mol. The maximum atomic E-state index is 14.1. The molecule has 6 unspecified atom stereocenters. The van der Waals surface area contributed by atoms with E-state index in [4.69, 9.17) is 9.47 Å². The van der Waals surface area contributed by atoms with E-state index >= 15 is 0 Å². The minimum absolute atomic E-state index is 0.0622. The molecule has 2 bridgehead atoms. The van der Waals surface area contributed by atoms with Crippen molar-refractivity contribution in [1.29, 1.82) is 0 Å². The number of aromatic nitrogens is 1. The molecule has 228 valence electrons. The predicted octanol–water partition coefficient (Wildman–Crippen LogP) is 5.61. The van der Waals surface area contributed by atoms with Crippen LogP contribution in [0.4, 0.5) is 11.4 Å². The largest absolute Gasteiger partial charge is 0.497 e. The van der Waals surface area contributed by atoms with Crippen molar-refractivity contribution >= 4 is 46.3 Å². The summed E-state index contributed by atoms with van der Waals surface area (Å²) >= 11 is 2.68.